The number of nitrogens with zero attached hydrogens (tertiary/aromatic N) is 5. The van der Waals surface area contributed by atoms with E-state index in [-0.39, 0.29) is 29.9 Å². The van der Waals surface area contributed by atoms with Crippen LogP contribution >= 0.6 is 24.0 Å². The summed E-state index contributed by atoms with van der Waals surface area (Å²) in [4.78, 5) is 28.4. The fourth-order valence-corrected chi connectivity index (χ4v) is 4.30. The molecule has 32 heavy (non-hydrogen) atoms. The Kier molecular flexibility index (Phi) is 11.5. The lowest BCUT2D eigenvalue weighted by Gasteiger charge is -2.34. The number of pyridine rings is 1. The summed E-state index contributed by atoms with van der Waals surface area (Å²) in [5.74, 6) is 2.63. The van der Waals surface area contributed by atoms with Gasteiger partial charge in [0.2, 0.25) is 5.91 Å². The Bertz CT molecular complexity index is 712. The number of hydrogen-bond acceptors (Lipinski definition) is 5. The standard InChI is InChI=1S/C23H39N7O.HI/c1-4-25-23(30-10-8-19(9-11-30)16-22(31)24-3)27-18-20-6-7-21(26-17-20)29-14-12-28(5-2)13-15-29;/h6-7,17,19H,4-5,8-16,18H2,1-3H3,(H,24,31)(H,25,27);1H. The Hall–Kier alpha value is -1.62. The van der Waals surface area contributed by atoms with Crippen molar-refractivity contribution in [2.24, 2.45) is 10.9 Å². The summed E-state index contributed by atoms with van der Waals surface area (Å²) in [7, 11) is 1.71. The number of amides is 1. The monoisotopic (exact) mass is 557 g/mol. The van der Waals surface area contributed by atoms with Gasteiger partial charge in [-0.2, -0.15) is 0 Å². The number of carbonyl (C=O) groups is 1. The summed E-state index contributed by atoms with van der Waals surface area (Å²) in [5.41, 5.74) is 1.13. The molecule has 0 atom stereocenters. The highest BCUT2D eigenvalue weighted by molar-refractivity contribution is 14.0. The highest BCUT2D eigenvalue weighted by Crippen LogP contribution is 2.21. The van der Waals surface area contributed by atoms with Gasteiger partial charge in [0, 0.05) is 65.5 Å². The molecule has 0 aromatic carbocycles. The van der Waals surface area contributed by atoms with Gasteiger partial charge in [-0.1, -0.05) is 13.0 Å². The van der Waals surface area contributed by atoms with E-state index in [4.69, 9.17) is 9.98 Å². The van der Waals surface area contributed by atoms with Gasteiger partial charge >= 0.3 is 0 Å². The number of piperazine rings is 1. The van der Waals surface area contributed by atoms with Crippen LogP contribution in [0, 0.1) is 5.92 Å². The third kappa shape index (κ3) is 7.75. The quantitative estimate of drug-likeness (QED) is 0.304. The number of carbonyl (C=O) groups excluding carboxylic acids is 1. The lowest BCUT2D eigenvalue weighted by Crippen LogP contribution is -2.46. The molecule has 2 fully saturated rings. The van der Waals surface area contributed by atoms with Crippen molar-refractivity contribution in [1.82, 2.24) is 25.4 Å². The van der Waals surface area contributed by atoms with Crippen LogP contribution in [0.1, 0.15) is 38.7 Å². The minimum Gasteiger partial charge on any atom is -0.359 e. The maximum atomic E-state index is 11.6. The zero-order valence-corrected chi connectivity index (χ0v) is 22.2. The van der Waals surface area contributed by atoms with Gasteiger partial charge in [0.15, 0.2) is 5.96 Å². The summed E-state index contributed by atoms with van der Waals surface area (Å²) in [5, 5.41) is 6.16. The fourth-order valence-electron chi connectivity index (χ4n) is 4.30. The first kappa shape index (κ1) is 26.6. The van der Waals surface area contributed by atoms with Crippen LogP contribution in [-0.2, 0) is 11.3 Å². The van der Waals surface area contributed by atoms with Crippen molar-refractivity contribution in [2.75, 3.05) is 64.3 Å². The van der Waals surface area contributed by atoms with Gasteiger partial charge in [-0.15, -0.1) is 24.0 Å². The molecule has 3 heterocycles. The van der Waals surface area contributed by atoms with E-state index in [1.807, 2.05) is 6.20 Å². The molecule has 0 bridgehead atoms. The maximum Gasteiger partial charge on any atom is 0.220 e. The molecule has 2 aliphatic rings. The number of anilines is 1. The first-order valence-electron chi connectivity index (χ1n) is 11.8. The van der Waals surface area contributed by atoms with Crippen LogP contribution < -0.4 is 15.5 Å². The van der Waals surface area contributed by atoms with Gasteiger partial charge in [-0.25, -0.2) is 9.98 Å². The Morgan fingerprint density at radius 3 is 2.41 bits per heavy atom. The average Bonchev–Trinajstić information content (AvgIpc) is 2.82. The number of nitrogens with one attached hydrogen (secondary N) is 2. The van der Waals surface area contributed by atoms with E-state index >= 15 is 0 Å². The van der Waals surface area contributed by atoms with E-state index < -0.39 is 0 Å². The highest BCUT2D eigenvalue weighted by Gasteiger charge is 2.23. The summed E-state index contributed by atoms with van der Waals surface area (Å²) in [6.45, 7) is 13.1. The molecule has 0 radical (unpaired) electrons. The van der Waals surface area contributed by atoms with Crippen molar-refractivity contribution < 1.29 is 4.79 Å². The van der Waals surface area contributed by atoms with Crippen LogP contribution in [0.4, 0.5) is 5.82 Å². The van der Waals surface area contributed by atoms with E-state index in [0.29, 0.717) is 18.9 Å². The number of piperidine rings is 1. The Balaban J connectivity index is 0.00000363. The molecule has 0 saturated carbocycles. The van der Waals surface area contributed by atoms with E-state index in [9.17, 15) is 4.79 Å². The van der Waals surface area contributed by atoms with E-state index in [0.717, 1.165) is 82.5 Å². The van der Waals surface area contributed by atoms with E-state index in [2.05, 4.69) is 51.3 Å². The second kappa shape index (κ2) is 13.8. The van der Waals surface area contributed by atoms with Gasteiger partial charge < -0.3 is 25.3 Å². The molecule has 3 rings (SSSR count). The minimum absolute atomic E-state index is 0. The average molecular weight is 558 g/mol. The third-order valence-electron chi connectivity index (χ3n) is 6.37. The van der Waals surface area contributed by atoms with Crippen LogP contribution in [0.5, 0.6) is 0 Å². The molecule has 0 aliphatic carbocycles. The van der Waals surface area contributed by atoms with Crippen molar-refractivity contribution in [3.8, 4) is 0 Å². The second-order valence-corrected chi connectivity index (χ2v) is 8.42. The Morgan fingerprint density at radius 2 is 1.84 bits per heavy atom. The molecular formula is C23H40IN7O. The predicted molar refractivity (Wildman–Crippen MR) is 142 cm³/mol. The van der Waals surface area contributed by atoms with Gasteiger partial charge in [0.1, 0.15) is 5.82 Å². The fraction of sp³-hybridized carbons (Fsp3) is 0.696. The molecule has 1 amide bonds. The first-order valence-corrected chi connectivity index (χ1v) is 11.8. The number of likely N-dealkylation sites (tertiary alicyclic amines) is 1. The van der Waals surface area contributed by atoms with Crippen LogP contribution in [-0.4, -0.2) is 86.1 Å². The molecular weight excluding hydrogens is 517 g/mol. The van der Waals surface area contributed by atoms with Crippen LogP contribution in [0.25, 0.3) is 0 Å². The Labute approximate surface area is 210 Å². The highest BCUT2D eigenvalue weighted by atomic mass is 127. The number of aromatic nitrogens is 1. The SMILES string of the molecule is CCNC(=NCc1ccc(N2CCN(CC)CC2)nc1)N1CCC(CC(=O)NC)CC1.I. The van der Waals surface area contributed by atoms with E-state index in [1.165, 1.54) is 0 Å². The smallest absolute Gasteiger partial charge is 0.220 e. The predicted octanol–water partition coefficient (Wildman–Crippen LogP) is 2.16. The zero-order valence-electron chi connectivity index (χ0n) is 19.8. The molecule has 180 valence electrons. The molecule has 2 saturated heterocycles. The number of guanidine groups is 1. The molecule has 2 N–H and O–H groups in total. The molecule has 8 nitrogen and oxygen atoms in total. The van der Waals surface area contributed by atoms with Crippen molar-refractivity contribution in [2.45, 2.75) is 39.7 Å². The minimum atomic E-state index is 0. The topological polar surface area (TPSA) is 76.1 Å². The molecule has 1 aromatic heterocycles. The number of aliphatic imine (C=N–C) groups is 1. The van der Waals surface area contributed by atoms with Crippen molar-refractivity contribution in [1.29, 1.82) is 0 Å². The summed E-state index contributed by atoms with van der Waals surface area (Å²) >= 11 is 0. The van der Waals surface area contributed by atoms with Gasteiger partial charge in [-0.3, -0.25) is 4.79 Å². The number of rotatable bonds is 7. The third-order valence-corrected chi connectivity index (χ3v) is 6.37. The maximum absolute atomic E-state index is 11.6. The zero-order chi connectivity index (χ0) is 22.1. The van der Waals surface area contributed by atoms with Crippen molar-refractivity contribution in [3.05, 3.63) is 23.9 Å². The van der Waals surface area contributed by atoms with Crippen LogP contribution in [0.15, 0.2) is 23.3 Å². The molecule has 0 unspecified atom stereocenters. The molecule has 9 heteroatoms. The van der Waals surface area contributed by atoms with Crippen molar-refractivity contribution in [3.63, 3.8) is 0 Å². The molecule has 1 aromatic rings. The number of likely N-dealkylation sites (N-methyl/N-ethyl adjacent to an activating group) is 1. The molecule has 2 aliphatic heterocycles. The largest absolute Gasteiger partial charge is 0.359 e. The lowest BCUT2D eigenvalue weighted by molar-refractivity contribution is -0.121. The summed E-state index contributed by atoms with van der Waals surface area (Å²) < 4.78 is 0. The van der Waals surface area contributed by atoms with Gasteiger partial charge in [0.25, 0.3) is 0 Å². The van der Waals surface area contributed by atoms with Gasteiger partial charge in [-0.05, 0) is 43.9 Å². The molecule has 0 spiro atoms. The number of hydrogen-bond donors (Lipinski definition) is 2. The summed E-state index contributed by atoms with van der Waals surface area (Å²) in [6.07, 6.45) is 4.65. The van der Waals surface area contributed by atoms with Gasteiger partial charge in [0.05, 0.1) is 6.54 Å². The Morgan fingerprint density at radius 1 is 1.12 bits per heavy atom. The second-order valence-electron chi connectivity index (χ2n) is 8.42. The summed E-state index contributed by atoms with van der Waals surface area (Å²) in [6, 6.07) is 4.28. The first-order chi connectivity index (χ1) is 15.1. The lowest BCUT2D eigenvalue weighted by atomic mass is 9.93. The van der Waals surface area contributed by atoms with E-state index in [1.54, 1.807) is 7.05 Å². The van der Waals surface area contributed by atoms with Crippen molar-refractivity contribution >= 4 is 41.7 Å². The normalized spacial score (nSPS) is 18.3. The number of halogens is 1. The van der Waals surface area contributed by atoms with Crippen LogP contribution in [0.3, 0.4) is 0 Å². The van der Waals surface area contributed by atoms with Crippen LogP contribution in [0.2, 0.25) is 0 Å².